The summed E-state index contributed by atoms with van der Waals surface area (Å²) in [5.74, 6) is 0.883. The van der Waals surface area contributed by atoms with Crippen LogP contribution in [-0.2, 0) is 11.3 Å². The molecule has 2 aromatic rings. The van der Waals surface area contributed by atoms with Crippen molar-refractivity contribution in [2.75, 3.05) is 20.3 Å². The molecule has 0 spiro atoms. The summed E-state index contributed by atoms with van der Waals surface area (Å²) in [5, 5.41) is 3.26. The van der Waals surface area contributed by atoms with Gasteiger partial charge in [-0.3, -0.25) is 0 Å². The molecule has 20 heavy (non-hydrogen) atoms. The molecule has 0 aliphatic heterocycles. The van der Waals surface area contributed by atoms with E-state index in [9.17, 15) is 4.39 Å². The van der Waals surface area contributed by atoms with Crippen LogP contribution in [0.4, 0.5) is 4.39 Å². The average molecular weight is 275 g/mol. The van der Waals surface area contributed by atoms with Crippen molar-refractivity contribution >= 4 is 0 Å². The molecule has 3 nitrogen and oxygen atoms in total. The molecule has 0 amide bonds. The van der Waals surface area contributed by atoms with Crippen LogP contribution in [0, 0.1) is 5.82 Å². The molecule has 1 N–H and O–H groups in total. The Labute approximate surface area is 118 Å². The van der Waals surface area contributed by atoms with E-state index in [0.29, 0.717) is 18.1 Å². The zero-order chi connectivity index (χ0) is 14.2. The largest absolute Gasteiger partial charge is 0.457 e. The highest BCUT2D eigenvalue weighted by atomic mass is 19.1. The molecule has 0 atom stereocenters. The molecule has 2 rings (SSSR count). The van der Waals surface area contributed by atoms with Gasteiger partial charge in [0.2, 0.25) is 0 Å². The summed E-state index contributed by atoms with van der Waals surface area (Å²) in [7, 11) is 1.68. The van der Waals surface area contributed by atoms with Gasteiger partial charge in [-0.2, -0.15) is 0 Å². The third-order valence-electron chi connectivity index (χ3n) is 2.77. The van der Waals surface area contributed by atoms with E-state index < -0.39 is 0 Å². The molecular weight excluding hydrogens is 257 g/mol. The minimum Gasteiger partial charge on any atom is -0.457 e. The summed E-state index contributed by atoms with van der Waals surface area (Å²) < 4.78 is 23.6. The SMILES string of the molecule is COCCNCc1ccc(Oc2cccc(F)c2)cc1. The van der Waals surface area contributed by atoms with E-state index in [2.05, 4.69) is 5.32 Å². The van der Waals surface area contributed by atoms with Crippen LogP contribution >= 0.6 is 0 Å². The molecule has 0 aliphatic carbocycles. The van der Waals surface area contributed by atoms with Gasteiger partial charge in [0.25, 0.3) is 0 Å². The van der Waals surface area contributed by atoms with Crippen LogP contribution in [0.15, 0.2) is 48.5 Å². The fraction of sp³-hybridized carbons (Fsp3) is 0.250. The Morgan fingerprint density at radius 3 is 2.55 bits per heavy atom. The lowest BCUT2D eigenvalue weighted by Gasteiger charge is -2.07. The Kier molecular flexibility index (Phi) is 5.53. The first-order valence-electron chi connectivity index (χ1n) is 6.50. The summed E-state index contributed by atoms with van der Waals surface area (Å²) in [6, 6.07) is 13.8. The van der Waals surface area contributed by atoms with Crippen LogP contribution in [0.5, 0.6) is 11.5 Å². The van der Waals surface area contributed by atoms with Crippen molar-refractivity contribution in [3.63, 3.8) is 0 Å². The Hall–Kier alpha value is -1.91. The van der Waals surface area contributed by atoms with Crippen molar-refractivity contribution in [1.82, 2.24) is 5.32 Å². The highest BCUT2D eigenvalue weighted by Crippen LogP contribution is 2.22. The minimum atomic E-state index is -0.304. The minimum absolute atomic E-state index is 0.304. The third kappa shape index (κ3) is 4.64. The molecule has 0 aliphatic rings. The van der Waals surface area contributed by atoms with E-state index >= 15 is 0 Å². The van der Waals surface area contributed by atoms with E-state index in [1.54, 1.807) is 19.2 Å². The van der Waals surface area contributed by atoms with Crippen LogP contribution in [-0.4, -0.2) is 20.3 Å². The number of hydrogen-bond donors (Lipinski definition) is 1. The molecule has 0 saturated carbocycles. The molecule has 106 valence electrons. The highest BCUT2D eigenvalue weighted by Gasteiger charge is 1.99. The number of methoxy groups -OCH3 is 1. The van der Waals surface area contributed by atoms with Gasteiger partial charge in [0.05, 0.1) is 6.61 Å². The molecule has 0 saturated heterocycles. The van der Waals surface area contributed by atoms with Gasteiger partial charge in [-0.15, -0.1) is 0 Å². The summed E-state index contributed by atoms with van der Waals surface area (Å²) in [6.45, 7) is 2.29. The van der Waals surface area contributed by atoms with Gasteiger partial charge in [0.15, 0.2) is 0 Å². The van der Waals surface area contributed by atoms with Crippen LogP contribution in [0.3, 0.4) is 0 Å². The Balaban J connectivity index is 1.88. The summed E-state index contributed by atoms with van der Waals surface area (Å²) in [5.41, 5.74) is 1.16. The van der Waals surface area contributed by atoms with Crippen molar-refractivity contribution in [1.29, 1.82) is 0 Å². The van der Waals surface area contributed by atoms with E-state index in [-0.39, 0.29) is 5.82 Å². The second kappa shape index (κ2) is 7.62. The van der Waals surface area contributed by atoms with E-state index in [0.717, 1.165) is 18.7 Å². The van der Waals surface area contributed by atoms with Crippen molar-refractivity contribution in [3.05, 3.63) is 59.9 Å². The van der Waals surface area contributed by atoms with E-state index in [1.807, 2.05) is 24.3 Å². The van der Waals surface area contributed by atoms with Gasteiger partial charge in [-0.25, -0.2) is 4.39 Å². The molecule has 0 heterocycles. The molecule has 0 radical (unpaired) electrons. The molecule has 0 bridgehead atoms. The molecule has 4 heteroatoms. The van der Waals surface area contributed by atoms with Crippen LogP contribution in [0.25, 0.3) is 0 Å². The van der Waals surface area contributed by atoms with Gasteiger partial charge in [-0.05, 0) is 29.8 Å². The first kappa shape index (κ1) is 14.5. The fourth-order valence-electron chi connectivity index (χ4n) is 1.75. The maximum absolute atomic E-state index is 13.0. The van der Waals surface area contributed by atoms with Gasteiger partial charge in [0, 0.05) is 26.3 Å². The van der Waals surface area contributed by atoms with Crippen molar-refractivity contribution in [3.8, 4) is 11.5 Å². The molecule has 2 aromatic carbocycles. The second-order valence-electron chi connectivity index (χ2n) is 4.37. The Morgan fingerprint density at radius 2 is 1.85 bits per heavy atom. The van der Waals surface area contributed by atoms with Crippen molar-refractivity contribution < 1.29 is 13.9 Å². The molecule has 0 aromatic heterocycles. The molecular formula is C16H18FNO2. The van der Waals surface area contributed by atoms with Crippen LogP contribution < -0.4 is 10.1 Å². The first-order chi connectivity index (χ1) is 9.78. The lowest BCUT2D eigenvalue weighted by Crippen LogP contribution is -2.18. The maximum Gasteiger partial charge on any atom is 0.130 e. The van der Waals surface area contributed by atoms with E-state index in [1.165, 1.54) is 12.1 Å². The van der Waals surface area contributed by atoms with Crippen molar-refractivity contribution in [2.45, 2.75) is 6.54 Å². The maximum atomic E-state index is 13.0. The average Bonchev–Trinajstić information content (AvgIpc) is 2.45. The monoisotopic (exact) mass is 275 g/mol. The summed E-state index contributed by atoms with van der Waals surface area (Å²) in [4.78, 5) is 0. The second-order valence-corrected chi connectivity index (χ2v) is 4.37. The smallest absolute Gasteiger partial charge is 0.130 e. The molecule has 0 unspecified atom stereocenters. The van der Waals surface area contributed by atoms with Crippen LogP contribution in [0.1, 0.15) is 5.56 Å². The normalized spacial score (nSPS) is 10.5. The van der Waals surface area contributed by atoms with Gasteiger partial charge < -0.3 is 14.8 Å². The Morgan fingerprint density at radius 1 is 1.05 bits per heavy atom. The highest BCUT2D eigenvalue weighted by molar-refractivity contribution is 5.33. The topological polar surface area (TPSA) is 30.5 Å². The third-order valence-corrected chi connectivity index (χ3v) is 2.77. The summed E-state index contributed by atoms with van der Waals surface area (Å²) in [6.07, 6.45) is 0. The lowest BCUT2D eigenvalue weighted by atomic mass is 10.2. The standard InChI is InChI=1S/C16H18FNO2/c1-19-10-9-18-12-13-5-7-15(8-6-13)20-16-4-2-3-14(17)11-16/h2-8,11,18H,9-10,12H2,1H3. The number of rotatable bonds is 7. The number of halogens is 1. The predicted octanol–water partition coefficient (Wildman–Crippen LogP) is 3.35. The fourth-order valence-corrected chi connectivity index (χ4v) is 1.75. The lowest BCUT2D eigenvalue weighted by molar-refractivity contribution is 0.199. The van der Waals surface area contributed by atoms with Crippen molar-refractivity contribution in [2.24, 2.45) is 0 Å². The molecule has 0 fully saturated rings. The zero-order valence-corrected chi connectivity index (χ0v) is 11.4. The number of benzene rings is 2. The van der Waals surface area contributed by atoms with E-state index in [4.69, 9.17) is 9.47 Å². The van der Waals surface area contributed by atoms with Gasteiger partial charge in [0.1, 0.15) is 17.3 Å². The first-order valence-corrected chi connectivity index (χ1v) is 6.50. The number of ether oxygens (including phenoxy) is 2. The van der Waals surface area contributed by atoms with Crippen LogP contribution in [0.2, 0.25) is 0 Å². The number of hydrogen-bond acceptors (Lipinski definition) is 3. The predicted molar refractivity (Wildman–Crippen MR) is 76.5 cm³/mol. The quantitative estimate of drug-likeness (QED) is 0.786. The Bertz CT molecular complexity index is 528. The number of nitrogens with one attached hydrogen (secondary N) is 1. The summed E-state index contributed by atoms with van der Waals surface area (Å²) >= 11 is 0. The van der Waals surface area contributed by atoms with Gasteiger partial charge in [-0.1, -0.05) is 18.2 Å². The van der Waals surface area contributed by atoms with Gasteiger partial charge >= 0.3 is 0 Å². The zero-order valence-electron chi connectivity index (χ0n) is 11.4.